The van der Waals surface area contributed by atoms with Gasteiger partial charge in [-0.15, -0.1) is 0 Å². The van der Waals surface area contributed by atoms with Crippen molar-refractivity contribution in [3.63, 3.8) is 0 Å². The summed E-state index contributed by atoms with van der Waals surface area (Å²) < 4.78 is 0. The van der Waals surface area contributed by atoms with Crippen LogP contribution < -0.4 is 0 Å². The molecule has 0 spiro atoms. The standard InChI is InChI=1S/C15H21BrCl2/c1-10(9-15(2,3)4)7-12(16)11-5-6-13(17)14(18)8-11/h5-6,8,10,12H,7,9H2,1-4H3. The summed E-state index contributed by atoms with van der Waals surface area (Å²) >= 11 is 15.7. The number of rotatable bonds is 4. The fourth-order valence-corrected chi connectivity index (χ4v) is 3.55. The van der Waals surface area contributed by atoms with Gasteiger partial charge in [-0.1, -0.05) is 72.9 Å². The molecule has 18 heavy (non-hydrogen) atoms. The minimum absolute atomic E-state index is 0.338. The van der Waals surface area contributed by atoms with Gasteiger partial charge in [0, 0.05) is 4.83 Å². The Kier molecular flexibility index (Phi) is 6.02. The van der Waals surface area contributed by atoms with Crippen LogP contribution in [0.5, 0.6) is 0 Å². The molecule has 3 heteroatoms. The van der Waals surface area contributed by atoms with Gasteiger partial charge >= 0.3 is 0 Å². The molecular formula is C15H21BrCl2. The van der Waals surface area contributed by atoms with Gasteiger partial charge < -0.3 is 0 Å². The number of halogens is 3. The molecule has 0 radical (unpaired) electrons. The molecule has 0 N–H and O–H groups in total. The number of hydrogen-bond acceptors (Lipinski definition) is 0. The molecule has 0 saturated carbocycles. The molecule has 1 rings (SSSR count). The van der Waals surface area contributed by atoms with E-state index < -0.39 is 0 Å². The van der Waals surface area contributed by atoms with Crippen molar-refractivity contribution in [3.05, 3.63) is 33.8 Å². The predicted octanol–water partition coefficient (Wildman–Crippen LogP) is 6.89. The van der Waals surface area contributed by atoms with Crippen LogP contribution in [0.15, 0.2) is 18.2 Å². The predicted molar refractivity (Wildman–Crippen MR) is 86.0 cm³/mol. The van der Waals surface area contributed by atoms with Gasteiger partial charge in [0.15, 0.2) is 0 Å². The first kappa shape index (κ1) is 16.3. The van der Waals surface area contributed by atoms with Gasteiger partial charge in [0.1, 0.15) is 0 Å². The molecule has 0 fully saturated rings. The van der Waals surface area contributed by atoms with Crippen molar-refractivity contribution in [3.8, 4) is 0 Å². The molecule has 1 aromatic carbocycles. The van der Waals surface area contributed by atoms with Gasteiger partial charge in [-0.3, -0.25) is 0 Å². The van der Waals surface area contributed by atoms with Gasteiger partial charge in [0.25, 0.3) is 0 Å². The molecule has 0 aliphatic heterocycles. The fourth-order valence-electron chi connectivity index (χ4n) is 2.33. The van der Waals surface area contributed by atoms with Gasteiger partial charge in [-0.25, -0.2) is 0 Å². The SMILES string of the molecule is CC(CC(Br)c1ccc(Cl)c(Cl)c1)CC(C)(C)C. The Balaban J connectivity index is 2.64. The molecule has 0 heterocycles. The van der Waals surface area contributed by atoms with Gasteiger partial charge in [0.2, 0.25) is 0 Å². The van der Waals surface area contributed by atoms with E-state index >= 15 is 0 Å². The molecule has 2 atom stereocenters. The van der Waals surface area contributed by atoms with Crippen LogP contribution >= 0.6 is 39.1 Å². The zero-order chi connectivity index (χ0) is 13.9. The summed E-state index contributed by atoms with van der Waals surface area (Å²) in [4.78, 5) is 0.338. The zero-order valence-electron chi connectivity index (χ0n) is 11.4. The van der Waals surface area contributed by atoms with E-state index in [1.807, 2.05) is 18.2 Å². The summed E-state index contributed by atoms with van der Waals surface area (Å²) in [5.74, 6) is 0.670. The Bertz CT molecular complexity index is 396. The second-order valence-electron chi connectivity index (χ2n) is 6.25. The Morgan fingerprint density at radius 1 is 1.17 bits per heavy atom. The topological polar surface area (TPSA) is 0 Å². The maximum atomic E-state index is 6.05. The molecule has 0 amide bonds. The highest BCUT2D eigenvalue weighted by atomic mass is 79.9. The van der Waals surface area contributed by atoms with Gasteiger partial charge in [0.05, 0.1) is 10.0 Å². The maximum Gasteiger partial charge on any atom is 0.0595 e. The highest BCUT2D eigenvalue weighted by Crippen LogP contribution is 2.36. The molecule has 0 aliphatic carbocycles. The van der Waals surface area contributed by atoms with Crippen molar-refractivity contribution in [2.24, 2.45) is 11.3 Å². The van der Waals surface area contributed by atoms with Crippen molar-refractivity contribution in [1.82, 2.24) is 0 Å². The monoisotopic (exact) mass is 350 g/mol. The zero-order valence-corrected chi connectivity index (χ0v) is 14.5. The minimum atomic E-state index is 0.338. The van der Waals surface area contributed by atoms with Crippen LogP contribution in [0.4, 0.5) is 0 Å². The van der Waals surface area contributed by atoms with Crippen LogP contribution in [0.3, 0.4) is 0 Å². The van der Waals surface area contributed by atoms with Crippen molar-refractivity contribution in [2.75, 3.05) is 0 Å². The molecule has 0 saturated heterocycles. The van der Waals surface area contributed by atoms with Crippen LogP contribution in [0.2, 0.25) is 10.0 Å². The molecule has 1 aromatic rings. The molecular weight excluding hydrogens is 331 g/mol. The van der Waals surface area contributed by atoms with Crippen LogP contribution in [-0.4, -0.2) is 0 Å². The van der Waals surface area contributed by atoms with E-state index in [1.54, 1.807) is 0 Å². The Labute approximate surface area is 129 Å². The van der Waals surface area contributed by atoms with Crippen molar-refractivity contribution < 1.29 is 0 Å². The van der Waals surface area contributed by atoms with E-state index in [9.17, 15) is 0 Å². The average Bonchev–Trinajstić information content (AvgIpc) is 2.18. The Morgan fingerprint density at radius 3 is 2.28 bits per heavy atom. The second-order valence-corrected chi connectivity index (χ2v) is 8.17. The quantitative estimate of drug-likeness (QED) is 0.518. The molecule has 0 bridgehead atoms. The lowest BCUT2D eigenvalue weighted by Gasteiger charge is -2.25. The highest BCUT2D eigenvalue weighted by Gasteiger charge is 2.19. The molecule has 102 valence electrons. The summed E-state index contributed by atoms with van der Waals surface area (Å²) in [5.41, 5.74) is 1.58. The molecule has 0 nitrogen and oxygen atoms in total. The largest absolute Gasteiger partial charge is 0.0839 e. The van der Waals surface area contributed by atoms with Crippen LogP contribution in [0.25, 0.3) is 0 Å². The first-order chi connectivity index (χ1) is 8.19. The number of alkyl halides is 1. The third kappa shape index (κ3) is 5.50. The summed E-state index contributed by atoms with van der Waals surface area (Å²) in [6.07, 6.45) is 2.33. The number of hydrogen-bond donors (Lipinski definition) is 0. The van der Waals surface area contributed by atoms with Gasteiger partial charge in [-0.2, -0.15) is 0 Å². The Morgan fingerprint density at radius 2 is 1.78 bits per heavy atom. The van der Waals surface area contributed by atoms with E-state index in [0.717, 1.165) is 6.42 Å². The van der Waals surface area contributed by atoms with Crippen LogP contribution in [0.1, 0.15) is 50.9 Å². The summed E-state index contributed by atoms with van der Waals surface area (Å²) in [6, 6.07) is 5.85. The van der Waals surface area contributed by atoms with Crippen LogP contribution in [0, 0.1) is 11.3 Å². The normalized spacial score (nSPS) is 15.5. The minimum Gasteiger partial charge on any atom is -0.0839 e. The smallest absolute Gasteiger partial charge is 0.0595 e. The third-order valence-corrected chi connectivity index (χ3v) is 4.52. The third-order valence-electron chi connectivity index (χ3n) is 2.88. The second kappa shape index (κ2) is 6.63. The number of benzene rings is 1. The molecule has 2 unspecified atom stereocenters. The lowest BCUT2D eigenvalue weighted by molar-refractivity contribution is 0.296. The van der Waals surface area contributed by atoms with Crippen LogP contribution in [-0.2, 0) is 0 Å². The van der Waals surface area contributed by atoms with E-state index in [-0.39, 0.29) is 0 Å². The summed E-state index contributed by atoms with van der Waals surface area (Å²) in [6.45, 7) is 9.15. The fraction of sp³-hybridized carbons (Fsp3) is 0.600. The van der Waals surface area contributed by atoms with E-state index in [0.29, 0.717) is 26.2 Å². The lowest BCUT2D eigenvalue weighted by atomic mass is 9.83. The lowest BCUT2D eigenvalue weighted by Crippen LogP contribution is -2.12. The first-order valence-electron chi connectivity index (χ1n) is 6.28. The van der Waals surface area contributed by atoms with Crippen molar-refractivity contribution in [2.45, 2.75) is 45.4 Å². The van der Waals surface area contributed by atoms with Crippen molar-refractivity contribution >= 4 is 39.1 Å². The molecule has 0 aliphatic rings. The first-order valence-corrected chi connectivity index (χ1v) is 7.95. The van der Waals surface area contributed by atoms with E-state index in [1.165, 1.54) is 12.0 Å². The maximum absolute atomic E-state index is 6.05. The Hall–Kier alpha value is 0.280. The van der Waals surface area contributed by atoms with Gasteiger partial charge in [-0.05, 0) is 41.9 Å². The summed E-state index contributed by atoms with van der Waals surface area (Å²) in [7, 11) is 0. The van der Waals surface area contributed by atoms with E-state index in [2.05, 4.69) is 43.6 Å². The van der Waals surface area contributed by atoms with E-state index in [4.69, 9.17) is 23.2 Å². The highest BCUT2D eigenvalue weighted by molar-refractivity contribution is 9.09. The molecule has 0 aromatic heterocycles. The summed E-state index contributed by atoms with van der Waals surface area (Å²) in [5, 5.41) is 1.24. The average molecular weight is 352 g/mol. The van der Waals surface area contributed by atoms with Crippen molar-refractivity contribution in [1.29, 1.82) is 0 Å².